The Hall–Kier alpha value is -2.76. The molecule has 1 N–H and O–H groups in total. The molecule has 6 heteroatoms. The molecule has 0 heterocycles. The molecule has 0 unspecified atom stereocenters. The van der Waals surface area contributed by atoms with Crippen molar-refractivity contribution in [2.45, 2.75) is 37.2 Å². The van der Waals surface area contributed by atoms with Crippen molar-refractivity contribution in [1.29, 1.82) is 0 Å². The van der Waals surface area contributed by atoms with Crippen LogP contribution in [-0.2, 0) is 22.6 Å². The Morgan fingerprint density at radius 2 is 1.67 bits per heavy atom. The van der Waals surface area contributed by atoms with Crippen molar-refractivity contribution in [2.75, 3.05) is 12.8 Å². The minimum atomic E-state index is -0.617. The molecule has 0 aromatic heterocycles. The lowest BCUT2D eigenvalue weighted by molar-refractivity contribution is -0.140. The molecule has 0 radical (unpaired) electrons. The van der Waals surface area contributed by atoms with E-state index in [1.54, 1.807) is 29.8 Å². The van der Waals surface area contributed by atoms with Crippen molar-refractivity contribution >= 4 is 35.2 Å². The van der Waals surface area contributed by atoms with Crippen LogP contribution in [0.4, 0.5) is 0 Å². The van der Waals surface area contributed by atoms with Crippen LogP contribution in [0.15, 0.2) is 83.8 Å². The number of hydrogen-bond donors (Lipinski definition) is 1. The zero-order valence-corrected chi connectivity index (χ0v) is 20.5. The van der Waals surface area contributed by atoms with Gasteiger partial charge in [-0.05, 0) is 42.3 Å². The zero-order valence-electron chi connectivity index (χ0n) is 19.0. The fourth-order valence-electron chi connectivity index (χ4n) is 3.59. The van der Waals surface area contributed by atoms with Crippen LogP contribution in [0.5, 0.6) is 0 Å². The number of hydrogen-bond acceptors (Lipinski definition) is 3. The summed E-state index contributed by atoms with van der Waals surface area (Å²) in [5.74, 6) is 0.402. The molecule has 3 aromatic carbocycles. The number of benzene rings is 3. The number of nitrogens with zero attached hydrogens (tertiary/aromatic N) is 1. The molecule has 4 nitrogen and oxygen atoms in total. The Balaban J connectivity index is 1.80. The second kappa shape index (κ2) is 12.5. The third kappa shape index (κ3) is 7.65. The van der Waals surface area contributed by atoms with Crippen molar-refractivity contribution in [3.63, 3.8) is 0 Å². The van der Waals surface area contributed by atoms with Gasteiger partial charge < -0.3 is 10.2 Å². The number of aryl methyl sites for hydroxylation is 1. The summed E-state index contributed by atoms with van der Waals surface area (Å²) in [6.45, 7) is 2.37. The van der Waals surface area contributed by atoms with E-state index in [2.05, 4.69) is 36.5 Å². The summed E-state index contributed by atoms with van der Waals surface area (Å²) in [4.78, 5) is 29.2. The van der Waals surface area contributed by atoms with E-state index in [0.29, 0.717) is 30.2 Å². The minimum absolute atomic E-state index is 0.0564. The van der Waals surface area contributed by atoms with E-state index in [1.807, 2.05) is 48.5 Å². The number of thioether (sulfide) groups is 1. The van der Waals surface area contributed by atoms with E-state index in [0.717, 1.165) is 16.0 Å². The van der Waals surface area contributed by atoms with Crippen molar-refractivity contribution in [3.8, 4) is 0 Å². The number of carbonyl (C=O) groups is 2. The summed E-state index contributed by atoms with van der Waals surface area (Å²) in [6.07, 6.45) is 0.777. The first kappa shape index (κ1) is 24.9. The monoisotopic (exact) mass is 480 g/mol. The number of likely N-dealkylation sites (N-methyl/N-ethyl adjacent to an activating group) is 1. The fraction of sp³-hybridized carbons (Fsp3) is 0.259. The van der Waals surface area contributed by atoms with E-state index >= 15 is 0 Å². The molecule has 0 aliphatic heterocycles. The third-order valence-corrected chi connectivity index (χ3v) is 6.61. The van der Waals surface area contributed by atoms with Crippen LogP contribution in [0.3, 0.4) is 0 Å². The first-order valence-corrected chi connectivity index (χ1v) is 12.3. The Bertz CT molecular complexity index is 1060. The molecular formula is C27H29ClN2O2S. The lowest BCUT2D eigenvalue weighted by Crippen LogP contribution is -2.49. The summed E-state index contributed by atoms with van der Waals surface area (Å²) in [6, 6.07) is 24.9. The minimum Gasteiger partial charge on any atom is -0.357 e. The maximum absolute atomic E-state index is 13.4. The first-order chi connectivity index (χ1) is 16.0. The summed E-state index contributed by atoms with van der Waals surface area (Å²) in [7, 11) is 1.61. The van der Waals surface area contributed by atoms with Crippen molar-refractivity contribution in [1.82, 2.24) is 10.2 Å². The molecule has 1 atom stereocenters. The van der Waals surface area contributed by atoms with E-state index in [1.165, 1.54) is 5.56 Å². The van der Waals surface area contributed by atoms with Gasteiger partial charge in [0.05, 0.1) is 0 Å². The quantitative estimate of drug-likeness (QED) is 0.389. The summed E-state index contributed by atoms with van der Waals surface area (Å²) in [5.41, 5.74) is 3.10. The standard InChI is InChI=1S/C27H29ClN2O2S/c1-20-11-13-24(14-12-20)33-16-15-26(31)30(19-22-9-6-10-23(28)17-22)25(27(32)29-2)18-21-7-4-3-5-8-21/h3-14,17,25H,15-16,18-19H2,1-2H3,(H,29,32)/t25-/m1/s1. The fourth-order valence-corrected chi connectivity index (χ4v) is 4.64. The Morgan fingerprint density at radius 1 is 0.970 bits per heavy atom. The lowest BCUT2D eigenvalue weighted by Gasteiger charge is -2.31. The van der Waals surface area contributed by atoms with Crippen LogP contribution in [0, 0.1) is 6.92 Å². The van der Waals surface area contributed by atoms with E-state index in [-0.39, 0.29) is 11.8 Å². The van der Waals surface area contributed by atoms with Gasteiger partial charge in [-0.2, -0.15) is 0 Å². The highest BCUT2D eigenvalue weighted by Crippen LogP contribution is 2.22. The highest BCUT2D eigenvalue weighted by molar-refractivity contribution is 7.99. The number of rotatable bonds is 10. The van der Waals surface area contributed by atoms with Gasteiger partial charge in [-0.1, -0.05) is 71.8 Å². The maximum Gasteiger partial charge on any atom is 0.242 e. The highest BCUT2D eigenvalue weighted by atomic mass is 35.5. The van der Waals surface area contributed by atoms with Gasteiger partial charge in [-0.15, -0.1) is 11.8 Å². The number of carbonyl (C=O) groups excluding carboxylic acids is 2. The molecule has 0 saturated carbocycles. The van der Waals surface area contributed by atoms with Gasteiger partial charge in [0.25, 0.3) is 0 Å². The molecule has 172 valence electrons. The van der Waals surface area contributed by atoms with Gasteiger partial charge in [0.2, 0.25) is 11.8 Å². The van der Waals surface area contributed by atoms with Crippen LogP contribution >= 0.6 is 23.4 Å². The summed E-state index contributed by atoms with van der Waals surface area (Å²) < 4.78 is 0. The molecule has 0 aliphatic carbocycles. The average molecular weight is 481 g/mol. The normalized spacial score (nSPS) is 11.6. The van der Waals surface area contributed by atoms with Crippen LogP contribution in [0.2, 0.25) is 5.02 Å². The Labute approximate surface area is 205 Å². The molecule has 0 aliphatic rings. The van der Waals surface area contributed by atoms with Crippen LogP contribution in [-0.4, -0.2) is 35.6 Å². The molecule has 0 bridgehead atoms. The maximum atomic E-state index is 13.4. The Morgan fingerprint density at radius 3 is 2.33 bits per heavy atom. The molecule has 0 saturated heterocycles. The van der Waals surface area contributed by atoms with Crippen molar-refractivity contribution in [3.05, 3.63) is 101 Å². The lowest BCUT2D eigenvalue weighted by atomic mass is 10.0. The first-order valence-electron chi connectivity index (χ1n) is 10.9. The third-order valence-electron chi connectivity index (χ3n) is 5.37. The van der Waals surface area contributed by atoms with Gasteiger partial charge in [0.15, 0.2) is 0 Å². The molecule has 3 rings (SSSR count). The smallest absolute Gasteiger partial charge is 0.242 e. The predicted octanol–water partition coefficient (Wildman–Crippen LogP) is 5.52. The van der Waals surface area contributed by atoms with Gasteiger partial charge in [-0.3, -0.25) is 9.59 Å². The van der Waals surface area contributed by atoms with Crippen LogP contribution < -0.4 is 5.32 Å². The highest BCUT2D eigenvalue weighted by Gasteiger charge is 2.29. The SMILES string of the molecule is CNC(=O)[C@@H](Cc1ccccc1)N(Cc1cccc(Cl)c1)C(=O)CCSc1ccc(C)cc1. The van der Waals surface area contributed by atoms with E-state index in [4.69, 9.17) is 11.6 Å². The molecular weight excluding hydrogens is 452 g/mol. The average Bonchev–Trinajstić information content (AvgIpc) is 2.82. The van der Waals surface area contributed by atoms with E-state index < -0.39 is 6.04 Å². The molecule has 2 amide bonds. The van der Waals surface area contributed by atoms with Crippen molar-refractivity contribution < 1.29 is 9.59 Å². The topological polar surface area (TPSA) is 49.4 Å². The number of halogens is 1. The van der Waals surface area contributed by atoms with Crippen LogP contribution in [0.1, 0.15) is 23.1 Å². The second-order valence-corrected chi connectivity index (χ2v) is 9.49. The molecule has 3 aromatic rings. The largest absolute Gasteiger partial charge is 0.357 e. The molecule has 33 heavy (non-hydrogen) atoms. The van der Waals surface area contributed by atoms with Gasteiger partial charge in [0, 0.05) is 42.1 Å². The van der Waals surface area contributed by atoms with Crippen LogP contribution in [0.25, 0.3) is 0 Å². The number of nitrogens with one attached hydrogen (secondary N) is 1. The van der Waals surface area contributed by atoms with Gasteiger partial charge >= 0.3 is 0 Å². The number of amides is 2. The zero-order chi connectivity index (χ0) is 23.6. The molecule has 0 fully saturated rings. The molecule has 0 spiro atoms. The summed E-state index contributed by atoms with van der Waals surface area (Å²) in [5, 5.41) is 3.35. The summed E-state index contributed by atoms with van der Waals surface area (Å²) >= 11 is 7.83. The second-order valence-electron chi connectivity index (χ2n) is 7.88. The van der Waals surface area contributed by atoms with E-state index in [9.17, 15) is 9.59 Å². The van der Waals surface area contributed by atoms with Crippen molar-refractivity contribution in [2.24, 2.45) is 0 Å². The Kier molecular flexibility index (Phi) is 9.40. The van der Waals surface area contributed by atoms with Gasteiger partial charge in [-0.25, -0.2) is 0 Å². The van der Waals surface area contributed by atoms with Gasteiger partial charge in [0.1, 0.15) is 6.04 Å². The predicted molar refractivity (Wildman–Crippen MR) is 137 cm³/mol.